The van der Waals surface area contributed by atoms with Crippen molar-refractivity contribution in [2.45, 2.75) is 39.2 Å². The molecule has 1 aromatic rings. The fourth-order valence-electron chi connectivity index (χ4n) is 3.65. The zero-order chi connectivity index (χ0) is 13.1. The van der Waals surface area contributed by atoms with Gasteiger partial charge in [0.15, 0.2) is 0 Å². The maximum Gasteiger partial charge on any atom is 0.129 e. The first-order valence-electron chi connectivity index (χ1n) is 7.55. The Kier molecular flexibility index (Phi) is 3.84. The molecule has 0 atom stereocenters. The molecule has 5 heteroatoms. The third-order valence-corrected chi connectivity index (χ3v) is 4.87. The van der Waals surface area contributed by atoms with E-state index < -0.39 is 0 Å². The maximum atomic E-state index is 4.05. The number of piperidine rings is 2. The van der Waals surface area contributed by atoms with Gasteiger partial charge in [-0.05, 0) is 57.7 Å². The molecule has 2 aliphatic rings. The second-order valence-corrected chi connectivity index (χ2v) is 6.20. The van der Waals surface area contributed by atoms with Crippen LogP contribution in [0.5, 0.6) is 0 Å². The molecule has 1 aromatic heterocycles. The molecule has 0 aliphatic carbocycles. The highest BCUT2D eigenvalue weighted by Gasteiger charge is 2.36. The molecule has 1 spiro atoms. The summed E-state index contributed by atoms with van der Waals surface area (Å²) in [6, 6.07) is 0. The van der Waals surface area contributed by atoms with Crippen LogP contribution in [0.15, 0.2) is 6.33 Å². The van der Waals surface area contributed by atoms with E-state index >= 15 is 0 Å². The molecule has 3 rings (SSSR count). The Hall–Kier alpha value is -0.940. The molecule has 19 heavy (non-hydrogen) atoms. The van der Waals surface area contributed by atoms with Crippen LogP contribution in [0.3, 0.4) is 0 Å². The molecule has 5 nitrogen and oxygen atoms in total. The fourth-order valence-corrected chi connectivity index (χ4v) is 3.65. The highest BCUT2D eigenvalue weighted by Crippen LogP contribution is 2.37. The van der Waals surface area contributed by atoms with Gasteiger partial charge in [-0.25, -0.2) is 0 Å². The summed E-state index contributed by atoms with van der Waals surface area (Å²) >= 11 is 0. The van der Waals surface area contributed by atoms with Crippen LogP contribution in [-0.2, 0) is 6.54 Å². The fraction of sp³-hybridized carbons (Fsp3) is 0.857. The second kappa shape index (κ2) is 5.59. The Balaban J connectivity index is 1.55. The van der Waals surface area contributed by atoms with Gasteiger partial charge in [-0.2, -0.15) is 0 Å². The smallest absolute Gasteiger partial charge is 0.129 e. The summed E-state index contributed by atoms with van der Waals surface area (Å²) in [6.07, 6.45) is 7.35. The molecule has 2 aliphatic heterocycles. The van der Waals surface area contributed by atoms with Crippen LogP contribution in [0.1, 0.15) is 31.5 Å². The molecule has 3 heterocycles. The molecule has 0 saturated carbocycles. The predicted molar refractivity (Wildman–Crippen MR) is 75.0 cm³/mol. The SMILES string of the molecule is Cc1nncn1CCN1CCCC2(CCNCC2)C1. The van der Waals surface area contributed by atoms with E-state index in [4.69, 9.17) is 0 Å². The number of nitrogens with zero attached hydrogens (tertiary/aromatic N) is 4. The summed E-state index contributed by atoms with van der Waals surface area (Å²) < 4.78 is 2.16. The first kappa shape index (κ1) is 13.1. The highest BCUT2D eigenvalue weighted by molar-refractivity contribution is 4.91. The average Bonchev–Trinajstić information content (AvgIpc) is 2.83. The van der Waals surface area contributed by atoms with Crippen molar-refractivity contribution in [3.8, 4) is 0 Å². The van der Waals surface area contributed by atoms with Crippen LogP contribution in [0.4, 0.5) is 0 Å². The lowest BCUT2D eigenvalue weighted by atomic mass is 9.73. The van der Waals surface area contributed by atoms with Crippen molar-refractivity contribution in [1.29, 1.82) is 0 Å². The minimum atomic E-state index is 0.603. The van der Waals surface area contributed by atoms with Gasteiger partial charge in [-0.3, -0.25) is 0 Å². The zero-order valence-electron chi connectivity index (χ0n) is 11.9. The minimum Gasteiger partial charge on any atom is -0.317 e. The van der Waals surface area contributed by atoms with Crippen LogP contribution in [0, 0.1) is 12.3 Å². The molecule has 0 bridgehead atoms. The van der Waals surface area contributed by atoms with Gasteiger partial charge in [0.25, 0.3) is 0 Å². The lowest BCUT2D eigenvalue weighted by molar-refractivity contribution is 0.0576. The predicted octanol–water partition coefficient (Wildman–Crippen LogP) is 1.05. The molecule has 0 aromatic carbocycles. The number of nitrogens with one attached hydrogen (secondary N) is 1. The molecular weight excluding hydrogens is 238 g/mol. The van der Waals surface area contributed by atoms with Gasteiger partial charge < -0.3 is 14.8 Å². The van der Waals surface area contributed by atoms with Gasteiger partial charge in [0, 0.05) is 19.6 Å². The van der Waals surface area contributed by atoms with Crippen molar-refractivity contribution in [3.05, 3.63) is 12.2 Å². The largest absolute Gasteiger partial charge is 0.317 e. The van der Waals surface area contributed by atoms with E-state index in [9.17, 15) is 0 Å². The van der Waals surface area contributed by atoms with E-state index in [1.165, 1.54) is 51.9 Å². The molecule has 0 unspecified atom stereocenters. The number of hydrogen-bond donors (Lipinski definition) is 1. The lowest BCUT2D eigenvalue weighted by Gasteiger charge is -2.45. The number of aromatic nitrogens is 3. The van der Waals surface area contributed by atoms with Crippen LogP contribution < -0.4 is 5.32 Å². The van der Waals surface area contributed by atoms with Crippen molar-refractivity contribution in [2.24, 2.45) is 5.41 Å². The van der Waals surface area contributed by atoms with Crippen molar-refractivity contribution < 1.29 is 0 Å². The summed E-state index contributed by atoms with van der Waals surface area (Å²) in [7, 11) is 0. The Morgan fingerprint density at radius 1 is 1.26 bits per heavy atom. The van der Waals surface area contributed by atoms with E-state index in [1.807, 2.05) is 13.3 Å². The van der Waals surface area contributed by atoms with Crippen molar-refractivity contribution in [3.63, 3.8) is 0 Å². The summed E-state index contributed by atoms with van der Waals surface area (Å²) in [5.74, 6) is 1.02. The number of likely N-dealkylation sites (tertiary alicyclic amines) is 1. The van der Waals surface area contributed by atoms with Crippen molar-refractivity contribution >= 4 is 0 Å². The molecule has 106 valence electrons. The van der Waals surface area contributed by atoms with E-state index in [1.54, 1.807) is 0 Å². The van der Waals surface area contributed by atoms with Crippen LogP contribution in [-0.4, -0.2) is 52.4 Å². The average molecular weight is 263 g/mol. The standard InChI is InChI=1S/C14H25N5/c1-13-17-16-12-19(13)10-9-18-8-2-3-14(11-18)4-6-15-7-5-14/h12,15H,2-11H2,1H3. The second-order valence-electron chi connectivity index (χ2n) is 6.20. The lowest BCUT2D eigenvalue weighted by Crippen LogP contribution is -2.49. The third kappa shape index (κ3) is 2.98. The minimum absolute atomic E-state index is 0.603. The van der Waals surface area contributed by atoms with Gasteiger partial charge >= 0.3 is 0 Å². The summed E-state index contributed by atoms with van der Waals surface area (Å²) in [6.45, 7) is 9.14. The van der Waals surface area contributed by atoms with Gasteiger partial charge in [0.2, 0.25) is 0 Å². The van der Waals surface area contributed by atoms with E-state index in [2.05, 4.69) is 25.0 Å². The van der Waals surface area contributed by atoms with E-state index in [0.717, 1.165) is 18.9 Å². The van der Waals surface area contributed by atoms with Gasteiger partial charge in [0.05, 0.1) is 0 Å². The Morgan fingerprint density at radius 2 is 2.11 bits per heavy atom. The molecule has 1 N–H and O–H groups in total. The van der Waals surface area contributed by atoms with Crippen LogP contribution >= 0.6 is 0 Å². The van der Waals surface area contributed by atoms with Crippen molar-refractivity contribution in [2.75, 3.05) is 32.7 Å². The number of hydrogen-bond acceptors (Lipinski definition) is 4. The van der Waals surface area contributed by atoms with Gasteiger partial charge in [-0.1, -0.05) is 0 Å². The van der Waals surface area contributed by atoms with Crippen molar-refractivity contribution in [1.82, 2.24) is 25.0 Å². The Bertz CT molecular complexity index is 402. The maximum absolute atomic E-state index is 4.05. The van der Waals surface area contributed by atoms with E-state index in [-0.39, 0.29) is 0 Å². The quantitative estimate of drug-likeness (QED) is 0.885. The molecule has 2 fully saturated rings. The Labute approximate surface area is 115 Å². The third-order valence-electron chi connectivity index (χ3n) is 4.87. The van der Waals surface area contributed by atoms with Gasteiger partial charge in [0.1, 0.15) is 12.2 Å². The molecule has 0 radical (unpaired) electrons. The topological polar surface area (TPSA) is 46.0 Å². The molecule has 2 saturated heterocycles. The monoisotopic (exact) mass is 263 g/mol. The summed E-state index contributed by atoms with van der Waals surface area (Å²) in [5.41, 5.74) is 0.603. The summed E-state index contributed by atoms with van der Waals surface area (Å²) in [5, 5.41) is 11.5. The van der Waals surface area contributed by atoms with Crippen LogP contribution in [0.25, 0.3) is 0 Å². The molecule has 0 amide bonds. The van der Waals surface area contributed by atoms with E-state index in [0.29, 0.717) is 5.41 Å². The first-order chi connectivity index (χ1) is 9.27. The summed E-state index contributed by atoms with van der Waals surface area (Å²) in [4.78, 5) is 2.65. The van der Waals surface area contributed by atoms with Crippen LogP contribution in [0.2, 0.25) is 0 Å². The van der Waals surface area contributed by atoms with Gasteiger partial charge in [-0.15, -0.1) is 10.2 Å². The Morgan fingerprint density at radius 3 is 2.84 bits per heavy atom. The number of rotatable bonds is 3. The normalized spacial score (nSPS) is 23.8. The molecular formula is C14H25N5. The zero-order valence-corrected chi connectivity index (χ0v) is 11.9. The number of aryl methyl sites for hydroxylation is 1. The highest BCUT2D eigenvalue weighted by atomic mass is 15.3. The first-order valence-corrected chi connectivity index (χ1v) is 7.55.